The highest BCUT2D eigenvalue weighted by molar-refractivity contribution is 7.47. The smallest absolute Gasteiger partial charge is 0.462 e. The number of aliphatic hydroxyl groups excluding tert-OH is 1. The fourth-order valence-corrected chi connectivity index (χ4v) is 12.4. The van der Waals surface area contributed by atoms with Gasteiger partial charge in [0.2, 0.25) is 0 Å². The highest BCUT2D eigenvalue weighted by Crippen LogP contribution is 2.45. The average molecular weight is 1500 g/mol. The topological polar surface area (TPSA) is 237 Å². The Hall–Kier alpha value is -4.28. The van der Waals surface area contributed by atoms with Crippen molar-refractivity contribution in [3.05, 3.63) is 109 Å². The summed E-state index contributed by atoms with van der Waals surface area (Å²) in [5.41, 5.74) is 0. The number of aliphatic hydroxyl groups is 1. The summed E-state index contributed by atoms with van der Waals surface area (Å²) in [6, 6.07) is 0. The van der Waals surface area contributed by atoms with Crippen LogP contribution in [-0.2, 0) is 65.4 Å². The molecule has 600 valence electrons. The maximum atomic E-state index is 13.1. The Balaban J connectivity index is 5.43. The van der Waals surface area contributed by atoms with E-state index < -0.39 is 97.5 Å². The number of hydrogen-bond acceptors (Lipinski definition) is 15. The van der Waals surface area contributed by atoms with Gasteiger partial charge in [-0.2, -0.15) is 0 Å². The van der Waals surface area contributed by atoms with Crippen LogP contribution in [0.5, 0.6) is 0 Å². The van der Waals surface area contributed by atoms with Crippen molar-refractivity contribution in [2.75, 3.05) is 39.6 Å². The Kier molecular flexibility index (Phi) is 73.7. The lowest BCUT2D eigenvalue weighted by atomic mass is 10.1. The quantitative estimate of drug-likeness (QED) is 0.0169. The molecule has 0 heterocycles. The Morgan fingerprint density at radius 1 is 0.269 bits per heavy atom. The predicted octanol–water partition coefficient (Wildman–Crippen LogP) is 24.1. The zero-order valence-electron chi connectivity index (χ0n) is 65.7. The average Bonchev–Trinajstić information content (AvgIpc) is 0.918. The van der Waals surface area contributed by atoms with E-state index in [1.54, 1.807) is 0 Å². The molecule has 104 heavy (non-hydrogen) atoms. The van der Waals surface area contributed by atoms with Gasteiger partial charge < -0.3 is 33.8 Å². The second-order valence-corrected chi connectivity index (χ2v) is 30.3. The Morgan fingerprint density at radius 3 is 0.817 bits per heavy atom. The molecule has 0 spiro atoms. The van der Waals surface area contributed by atoms with Crippen molar-refractivity contribution in [3.63, 3.8) is 0 Å². The van der Waals surface area contributed by atoms with Crippen molar-refractivity contribution in [1.82, 2.24) is 0 Å². The molecule has 0 aromatic carbocycles. The highest BCUT2D eigenvalue weighted by Gasteiger charge is 2.30. The van der Waals surface area contributed by atoms with Gasteiger partial charge in [0, 0.05) is 25.7 Å². The second kappa shape index (κ2) is 76.9. The molecule has 0 bridgehead atoms. The first-order valence-corrected chi connectivity index (χ1v) is 44.1. The van der Waals surface area contributed by atoms with Gasteiger partial charge >= 0.3 is 39.5 Å². The van der Waals surface area contributed by atoms with Gasteiger partial charge in [0.05, 0.1) is 26.4 Å². The third-order valence-electron chi connectivity index (χ3n) is 17.2. The summed E-state index contributed by atoms with van der Waals surface area (Å²) >= 11 is 0. The van der Waals surface area contributed by atoms with Crippen LogP contribution >= 0.6 is 15.6 Å². The summed E-state index contributed by atoms with van der Waals surface area (Å²) in [6.45, 7) is 4.73. The normalized spacial score (nSPS) is 14.4. The van der Waals surface area contributed by atoms with Crippen LogP contribution in [0.1, 0.15) is 349 Å². The minimum Gasteiger partial charge on any atom is -0.462 e. The molecular weight excluding hydrogens is 1350 g/mol. The fraction of sp³-hybridized carbons (Fsp3) is 0.741. The van der Waals surface area contributed by atoms with Crippen LogP contribution in [0.2, 0.25) is 0 Å². The van der Waals surface area contributed by atoms with Gasteiger partial charge in [-0.15, -0.1) is 0 Å². The molecule has 0 saturated heterocycles. The molecule has 0 amide bonds. The Labute approximate surface area is 632 Å². The van der Waals surface area contributed by atoms with Crippen LogP contribution in [-0.4, -0.2) is 96.7 Å². The molecule has 0 aliphatic rings. The third-order valence-corrected chi connectivity index (χ3v) is 19.1. The SMILES string of the molecule is CCCCC/C=C\C/C=C\C/C=C\C/C=C\C/C=C\CCC(=O)OC[C@H](COP(=O)(O)OC[C@@H](O)COP(=O)(O)OC[C@@H](COC(=O)CCCCCCC/C=C\CCCCCCCC)OC(=O)CCCCCCC/C=C\C/C=C\CCCCC)OC(=O)CCCCCCCCC/C=C\CCCCCC. The number of phosphoric acid groups is 2. The first-order valence-electron chi connectivity index (χ1n) is 41.1. The standard InChI is InChI=1S/C85H148O17P2/c1-5-9-13-17-21-25-29-33-37-38-39-40-44-46-50-54-58-62-66-70-83(88)96-76-81(102-85(90)72-68-64-60-56-52-48-43-36-32-28-24-20-16-12-8-4)78-100-104(93,94)98-74-79(86)73-97-103(91,92)99-77-80(101-84(89)71-67-63-59-55-51-47-42-35-31-27-23-19-15-11-7-3)75-95-82(87)69-65-61-57-53-49-45-41-34-30-26-22-18-14-10-6-2/h21,23,25,27-28,32-35,37,39-42,46,50,58,62,79-81,86H,5-20,22,24,26,29-31,36,38,43-45,47-49,51-57,59-61,63-78H2,1-4H3,(H,91,92)(H,93,94)/b25-21-,27-23-,32-28-,37-33-,40-39-,41-34-,42-35-,50-46-,62-58-/t79-,80+,81+/m0/s1. The molecule has 0 aromatic rings. The van der Waals surface area contributed by atoms with Gasteiger partial charge in [-0.25, -0.2) is 9.13 Å². The van der Waals surface area contributed by atoms with Crippen LogP contribution in [0.4, 0.5) is 0 Å². The van der Waals surface area contributed by atoms with Crippen LogP contribution in [0.25, 0.3) is 0 Å². The van der Waals surface area contributed by atoms with E-state index in [1.165, 1.54) is 103 Å². The molecule has 19 heteroatoms. The number of ether oxygens (including phenoxy) is 4. The minimum absolute atomic E-state index is 0.0366. The maximum Gasteiger partial charge on any atom is 0.472 e. The van der Waals surface area contributed by atoms with E-state index in [-0.39, 0.29) is 25.7 Å². The molecule has 17 nitrogen and oxygen atoms in total. The summed E-state index contributed by atoms with van der Waals surface area (Å²) in [5, 5.41) is 10.6. The van der Waals surface area contributed by atoms with Gasteiger partial charge in [0.1, 0.15) is 19.3 Å². The van der Waals surface area contributed by atoms with Gasteiger partial charge in [-0.05, 0) is 148 Å². The first-order chi connectivity index (χ1) is 50.7. The van der Waals surface area contributed by atoms with Gasteiger partial charge in [-0.1, -0.05) is 285 Å². The van der Waals surface area contributed by atoms with E-state index in [0.29, 0.717) is 32.1 Å². The molecule has 5 atom stereocenters. The minimum atomic E-state index is -5.00. The van der Waals surface area contributed by atoms with E-state index in [2.05, 4.69) is 125 Å². The predicted molar refractivity (Wildman–Crippen MR) is 427 cm³/mol. The zero-order valence-corrected chi connectivity index (χ0v) is 67.5. The van der Waals surface area contributed by atoms with Crippen LogP contribution < -0.4 is 0 Å². The van der Waals surface area contributed by atoms with Crippen LogP contribution in [0.3, 0.4) is 0 Å². The molecule has 0 aliphatic heterocycles. The summed E-state index contributed by atoms with van der Waals surface area (Å²) in [7, 11) is -9.98. The van der Waals surface area contributed by atoms with Gasteiger partial charge in [0.15, 0.2) is 12.2 Å². The monoisotopic (exact) mass is 1500 g/mol. The fourth-order valence-electron chi connectivity index (χ4n) is 10.9. The molecule has 2 unspecified atom stereocenters. The van der Waals surface area contributed by atoms with Crippen molar-refractivity contribution >= 4 is 39.5 Å². The molecule has 0 rings (SSSR count). The first kappa shape index (κ1) is 99.7. The summed E-state index contributed by atoms with van der Waals surface area (Å²) in [4.78, 5) is 73.0. The largest absolute Gasteiger partial charge is 0.472 e. The summed E-state index contributed by atoms with van der Waals surface area (Å²) < 4.78 is 68.6. The van der Waals surface area contributed by atoms with Crippen LogP contribution in [0.15, 0.2) is 109 Å². The van der Waals surface area contributed by atoms with E-state index in [4.69, 9.17) is 37.0 Å². The van der Waals surface area contributed by atoms with Crippen molar-refractivity contribution in [3.8, 4) is 0 Å². The summed E-state index contributed by atoms with van der Waals surface area (Å²) in [5.74, 6) is -2.29. The molecule has 0 aliphatic carbocycles. The summed E-state index contributed by atoms with van der Waals surface area (Å²) in [6.07, 6.45) is 83.6. The molecular formula is C85H148O17P2. The number of hydrogen-bond donors (Lipinski definition) is 3. The van der Waals surface area contributed by atoms with E-state index >= 15 is 0 Å². The molecule has 0 radical (unpaired) electrons. The number of unbranched alkanes of at least 4 members (excludes halogenated alkanes) is 33. The van der Waals surface area contributed by atoms with Gasteiger partial charge in [0.25, 0.3) is 0 Å². The van der Waals surface area contributed by atoms with Crippen LogP contribution in [0, 0.1) is 0 Å². The van der Waals surface area contributed by atoms with Crippen molar-refractivity contribution in [1.29, 1.82) is 0 Å². The highest BCUT2D eigenvalue weighted by atomic mass is 31.2. The zero-order chi connectivity index (χ0) is 76.0. The second-order valence-electron chi connectivity index (χ2n) is 27.3. The maximum absolute atomic E-state index is 13.1. The van der Waals surface area contributed by atoms with Crippen molar-refractivity contribution in [2.24, 2.45) is 0 Å². The lowest BCUT2D eigenvalue weighted by Crippen LogP contribution is -2.30. The number of rotatable bonds is 77. The van der Waals surface area contributed by atoms with Crippen molar-refractivity contribution in [2.45, 2.75) is 367 Å². The lowest BCUT2D eigenvalue weighted by molar-refractivity contribution is -0.161. The van der Waals surface area contributed by atoms with E-state index in [9.17, 15) is 43.2 Å². The molecule has 3 N–H and O–H groups in total. The lowest BCUT2D eigenvalue weighted by Gasteiger charge is -2.21. The Bertz CT molecular complexity index is 2390. The van der Waals surface area contributed by atoms with E-state index in [1.807, 2.05) is 12.2 Å². The molecule has 0 saturated carbocycles. The number of phosphoric ester groups is 2. The molecule has 0 aromatic heterocycles. The van der Waals surface area contributed by atoms with E-state index in [0.717, 1.165) is 161 Å². The number of allylic oxidation sites excluding steroid dienone is 18. The van der Waals surface area contributed by atoms with Crippen molar-refractivity contribution < 1.29 is 80.2 Å². The molecule has 0 fully saturated rings. The number of esters is 4. The Morgan fingerprint density at radius 2 is 0.490 bits per heavy atom. The number of carbonyl (C=O) groups is 4. The number of carbonyl (C=O) groups excluding carboxylic acids is 4. The third kappa shape index (κ3) is 75.9. The van der Waals surface area contributed by atoms with Gasteiger partial charge in [-0.3, -0.25) is 37.3 Å².